The molecule has 21 heavy (non-hydrogen) atoms. The standard InChI is InChI=1S/C13H18F2N2O3S/c14-9-5-10(15)13(6-11(9)16)21(19,20)17-7-8-3-1-2-4-12(8)18/h5-6,8,12,17-18H,1-4,7,16H2. The smallest absolute Gasteiger partial charge is 0.243 e. The molecule has 1 aromatic rings. The van der Waals surface area contributed by atoms with Crippen LogP contribution in [0.25, 0.3) is 0 Å². The minimum Gasteiger partial charge on any atom is -0.396 e. The number of sulfonamides is 1. The van der Waals surface area contributed by atoms with Gasteiger partial charge < -0.3 is 10.8 Å². The van der Waals surface area contributed by atoms with E-state index in [1.54, 1.807) is 0 Å². The molecule has 1 aliphatic carbocycles. The van der Waals surface area contributed by atoms with E-state index in [4.69, 9.17) is 5.73 Å². The molecule has 118 valence electrons. The number of hydrogen-bond acceptors (Lipinski definition) is 4. The van der Waals surface area contributed by atoms with Gasteiger partial charge in [0.1, 0.15) is 16.5 Å². The number of aliphatic hydroxyl groups is 1. The fourth-order valence-corrected chi connectivity index (χ4v) is 3.66. The second-order valence-corrected chi connectivity index (χ2v) is 7.00. The summed E-state index contributed by atoms with van der Waals surface area (Å²) in [6.45, 7) is 0.0141. The van der Waals surface area contributed by atoms with E-state index in [-0.39, 0.29) is 12.5 Å². The van der Waals surface area contributed by atoms with Crippen molar-refractivity contribution in [1.82, 2.24) is 4.72 Å². The molecule has 5 nitrogen and oxygen atoms in total. The molecule has 0 heterocycles. The van der Waals surface area contributed by atoms with E-state index in [0.29, 0.717) is 18.9 Å². The van der Waals surface area contributed by atoms with Crippen LogP contribution in [-0.2, 0) is 10.0 Å². The first-order chi connectivity index (χ1) is 9.81. The Bertz CT molecular complexity index is 622. The van der Waals surface area contributed by atoms with E-state index in [1.807, 2.05) is 0 Å². The summed E-state index contributed by atoms with van der Waals surface area (Å²) in [5, 5.41) is 9.79. The van der Waals surface area contributed by atoms with Crippen molar-refractivity contribution in [2.45, 2.75) is 36.7 Å². The van der Waals surface area contributed by atoms with Crippen LogP contribution in [0.3, 0.4) is 0 Å². The summed E-state index contributed by atoms with van der Waals surface area (Å²) in [4.78, 5) is -0.688. The van der Waals surface area contributed by atoms with Gasteiger partial charge in [-0.25, -0.2) is 21.9 Å². The van der Waals surface area contributed by atoms with E-state index in [2.05, 4.69) is 4.72 Å². The molecule has 0 radical (unpaired) electrons. The van der Waals surface area contributed by atoms with Gasteiger partial charge in [-0.15, -0.1) is 0 Å². The van der Waals surface area contributed by atoms with Crippen molar-refractivity contribution in [2.24, 2.45) is 5.92 Å². The summed E-state index contributed by atoms with van der Waals surface area (Å²) in [6, 6.07) is 1.20. The molecule has 4 N–H and O–H groups in total. The van der Waals surface area contributed by atoms with Crippen molar-refractivity contribution in [1.29, 1.82) is 0 Å². The lowest BCUT2D eigenvalue weighted by atomic mass is 9.87. The van der Waals surface area contributed by atoms with E-state index < -0.39 is 38.3 Å². The van der Waals surface area contributed by atoms with Gasteiger partial charge in [-0.3, -0.25) is 0 Å². The van der Waals surface area contributed by atoms with E-state index in [9.17, 15) is 22.3 Å². The SMILES string of the molecule is Nc1cc(S(=O)(=O)NCC2CCCCC2O)c(F)cc1F. The van der Waals surface area contributed by atoms with Gasteiger partial charge in [-0.05, 0) is 24.8 Å². The molecule has 1 saturated carbocycles. The van der Waals surface area contributed by atoms with Gasteiger partial charge in [0, 0.05) is 12.6 Å². The number of benzene rings is 1. The van der Waals surface area contributed by atoms with Crippen LogP contribution in [0.5, 0.6) is 0 Å². The van der Waals surface area contributed by atoms with Gasteiger partial charge in [-0.1, -0.05) is 12.8 Å². The lowest BCUT2D eigenvalue weighted by Gasteiger charge is -2.27. The monoisotopic (exact) mass is 320 g/mol. The molecule has 0 aliphatic heterocycles. The van der Waals surface area contributed by atoms with E-state index in [0.717, 1.165) is 18.9 Å². The Labute approximate surface area is 122 Å². The summed E-state index contributed by atoms with van der Waals surface area (Å²) in [5.41, 5.74) is 4.84. The Balaban J connectivity index is 2.13. The third kappa shape index (κ3) is 3.69. The largest absolute Gasteiger partial charge is 0.396 e. The van der Waals surface area contributed by atoms with Crippen molar-refractivity contribution in [3.05, 3.63) is 23.8 Å². The number of nitrogens with two attached hydrogens (primary N) is 1. The van der Waals surface area contributed by atoms with Crippen molar-refractivity contribution in [3.8, 4) is 0 Å². The molecular weight excluding hydrogens is 302 g/mol. The molecule has 1 fully saturated rings. The van der Waals surface area contributed by atoms with E-state index in [1.165, 1.54) is 0 Å². The maximum atomic E-state index is 13.6. The van der Waals surface area contributed by atoms with Crippen molar-refractivity contribution < 1.29 is 22.3 Å². The predicted octanol–water partition coefficient (Wildman–Crippen LogP) is 1.38. The highest BCUT2D eigenvalue weighted by atomic mass is 32.2. The van der Waals surface area contributed by atoms with Crippen LogP contribution < -0.4 is 10.5 Å². The predicted molar refractivity (Wildman–Crippen MR) is 73.9 cm³/mol. The number of anilines is 1. The van der Waals surface area contributed by atoms with Gasteiger partial charge >= 0.3 is 0 Å². The fraction of sp³-hybridized carbons (Fsp3) is 0.538. The number of rotatable bonds is 4. The van der Waals surface area contributed by atoms with Gasteiger partial charge in [0.15, 0.2) is 0 Å². The topological polar surface area (TPSA) is 92.4 Å². The first-order valence-electron chi connectivity index (χ1n) is 6.73. The average molecular weight is 320 g/mol. The van der Waals surface area contributed by atoms with Gasteiger partial charge in [0.25, 0.3) is 0 Å². The Morgan fingerprint density at radius 3 is 2.57 bits per heavy atom. The second-order valence-electron chi connectivity index (χ2n) is 5.27. The van der Waals surface area contributed by atoms with Crippen LogP contribution >= 0.6 is 0 Å². The Hall–Kier alpha value is -1.25. The molecular formula is C13H18F2N2O3S. The maximum absolute atomic E-state index is 13.6. The normalized spacial score (nSPS) is 23.2. The Kier molecular flexibility index (Phi) is 4.80. The minimum absolute atomic E-state index is 0.0141. The van der Waals surface area contributed by atoms with Crippen LogP contribution in [0.2, 0.25) is 0 Å². The number of aliphatic hydroxyl groups excluding tert-OH is 1. The maximum Gasteiger partial charge on any atom is 0.243 e. The third-order valence-corrected chi connectivity index (χ3v) is 5.18. The molecule has 2 atom stereocenters. The van der Waals surface area contributed by atoms with Crippen LogP contribution in [-0.4, -0.2) is 26.2 Å². The first-order valence-corrected chi connectivity index (χ1v) is 8.22. The van der Waals surface area contributed by atoms with Crippen molar-refractivity contribution in [2.75, 3.05) is 12.3 Å². The quantitative estimate of drug-likeness (QED) is 0.731. The molecule has 0 amide bonds. The van der Waals surface area contributed by atoms with Crippen molar-refractivity contribution in [3.63, 3.8) is 0 Å². The van der Waals surface area contributed by atoms with Gasteiger partial charge in [-0.2, -0.15) is 0 Å². The highest BCUT2D eigenvalue weighted by Crippen LogP contribution is 2.25. The van der Waals surface area contributed by atoms with Crippen molar-refractivity contribution >= 4 is 15.7 Å². The fourth-order valence-electron chi connectivity index (χ4n) is 2.47. The molecule has 0 saturated heterocycles. The van der Waals surface area contributed by atoms with Crippen LogP contribution in [0.1, 0.15) is 25.7 Å². The lowest BCUT2D eigenvalue weighted by molar-refractivity contribution is 0.0724. The number of nitrogens with one attached hydrogen (secondary N) is 1. The lowest BCUT2D eigenvalue weighted by Crippen LogP contribution is -2.37. The molecule has 1 aromatic carbocycles. The Morgan fingerprint density at radius 2 is 1.90 bits per heavy atom. The Morgan fingerprint density at radius 1 is 1.24 bits per heavy atom. The number of halogens is 2. The molecule has 1 aliphatic rings. The summed E-state index contributed by atoms with van der Waals surface area (Å²) in [7, 11) is -4.14. The molecule has 8 heteroatoms. The van der Waals surface area contributed by atoms with E-state index >= 15 is 0 Å². The number of nitrogen functional groups attached to an aromatic ring is 1. The van der Waals surface area contributed by atoms with Crippen LogP contribution in [0.4, 0.5) is 14.5 Å². The van der Waals surface area contributed by atoms with Crippen LogP contribution in [0.15, 0.2) is 17.0 Å². The van der Waals surface area contributed by atoms with Crippen LogP contribution in [0, 0.1) is 17.6 Å². The first kappa shape index (κ1) is 16.1. The van der Waals surface area contributed by atoms with Gasteiger partial charge in [0.05, 0.1) is 11.8 Å². The summed E-state index contributed by atoms with van der Waals surface area (Å²) < 4.78 is 53.0. The average Bonchev–Trinajstić information content (AvgIpc) is 2.42. The summed E-state index contributed by atoms with van der Waals surface area (Å²) in [5.74, 6) is -2.40. The zero-order valence-corrected chi connectivity index (χ0v) is 12.2. The molecule has 2 rings (SSSR count). The molecule has 0 spiro atoms. The zero-order chi connectivity index (χ0) is 15.6. The minimum atomic E-state index is -4.14. The second kappa shape index (κ2) is 6.25. The molecule has 2 unspecified atom stereocenters. The third-order valence-electron chi connectivity index (χ3n) is 3.75. The highest BCUT2D eigenvalue weighted by Gasteiger charge is 2.27. The molecule has 0 aromatic heterocycles. The highest BCUT2D eigenvalue weighted by molar-refractivity contribution is 7.89. The summed E-state index contributed by atoms with van der Waals surface area (Å²) in [6.07, 6.45) is 2.60. The van der Waals surface area contributed by atoms with Gasteiger partial charge in [0.2, 0.25) is 10.0 Å². The summed E-state index contributed by atoms with van der Waals surface area (Å²) >= 11 is 0. The number of hydrogen-bond donors (Lipinski definition) is 3. The zero-order valence-electron chi connectivity index (χ0n) is 11.4. The molecule has 0 bridgehead atoms.